The van der Waals surface area contributed by atoms with Gasteiger partial charge in [0.15, 0.2) is 5.89 Å². The highest BCUT2D eigenvalue weighted by Gasteiger charge is 2.34. The van der Waals surface area contributed by atoms with Crippen LogP contribution in [0.15, 0.2) is 28.7 Å². The van der Waals surface area contributed by atoms with E-state index in [2.05, 4.69) is 20.3 Å². The molecular weight excluding hydrogens is 380 g/mol. The number of anilines is 2. The van der Waals surface area contributed by atoms with E-state index in [1.54, 1.807) is 0 Å². The lowest BCUT2D eigenvalue weighted by atomic mass is 10.1. The lowest BCUT2D eigenvalue weighted by Gasteiger charge is -2.24. The minimum Gasteiger partial charge on any atom is -0.435 e. The summed E-state index contributed by atoms with van der Waals surface area (Å²) in [4.78, 5) is 32.9. The number of amides is 1. The Labute approximate surface area is 175 Å². The minimum absolute atomic E-state index is 0.103. The maximum Gasteiger partial charge on any atom is 0.292 e. The second kappa shape index (κ2) is 8.22. The number of aryl methyl sites for hydroxylation is 4. The van der Waals surface area contributed by atoms with Gasteiger partial charge in [-0.3, -0.25) is 4.79 Å². The number of carbonyl (C=O) groups excluding carboxylic acids is 1. The van der Waals surface area contributed by atoms with Gasteiger partial charge in [-0.1, -0.05) is 13.0 Å². The molecule has 1 aliphatic rings. The largest absolute Gasteiger partial charge is 0.435 e. The predicted octanol–water partition coefficient (Wildman–Crippen LogP) is 4.07. The molecule has 3 aromatic heterocycles. The van der Waals surface area contributed by atoms with Crippen molar-refractivity contribution in [3.63, 3.8) is 0 Å². The van der Waals surface area contributed by atoms with Crippen molar-refractivity contribution in [1.82, 2.24) is 24.8 Å². The van der Waals surface area contributed by atoms with Gasteiger partial charge in [0.2, 0.25) is 11.7 Å². The van der Waals surface area contributed by atoms with Gasteiger partial charge in [0.1, 0.15) is 5.82 Å². The lowest BCUT2D eigenvalue weighted by Crippen LogP contribution is -2.31. The average molecular weight is 406 g/mol. The van der Waals surface area contributed by atoms with Crippen LogP contribution in [-0.4, -0.2) is 37.3 Å². The summed E-state index contributed by atoms with van der Waals surface area (Å²) in [5.41, 5.74) is 3.26. The van der Waals surface area contributed by atoms with Crippen LogP contribution in [0, 0.1) is 20.8 Å². The Morgan fingerprint density at radius 2 is 1.93 bits per heavy atom. The SMILES string of the molecule is CCc1nc(C)c(C(=O)N2CCC[C@H]2c2cccc(Nc3nc(C)cc(C)n3)n2)o1. The molecule has 156 valence electrons. The van der Waals surface area contributed by atoms with E-state index in [4.69, 9.17) is 9.40 Å². The first-order chi connectivity index (χ1) is 14.4. The Hall–Kier alpha value is -3.29. The number of hydrogen-bond acceptors (Lipinski definition) is 7. The smallest absolute Gasteiger partial charge is 0.292 e. The van der Waals surface area contributed by atoms with E-state index in [9.17, 15) is 4.79 Å². The molecule has 0 spiro atoms. The van der Waals surface area contributed by atoms with Gasteiger partial charge in [0.25, 0.3) is 5.91 Å². The molecule has 1 N–H and O–H groups in total. The molecule has 4 rings (SSSR count). The maximum absolute atomic E-state index is 13.2. The molecule has 0 saturated carbocycles. The fraction of sp³-hybridized carbons (Fsp3) is 0.409. The third-order valence-electron chi connectivity index (χ3n) is 5.19. The highest BCUT2D eigenvalue weighted by molar-refractivity contribution is 5.93. The van der Waals surface area contributed by atoms with Gasteiger partial charge >= 0.3 is 0 Å². The van der Waals surface area contributed by atoms with Crippen LogP contribution >= 0.6 is 0 Å². The Kier molecular flexibility index (Phi) is 5.48. The van der Waals surface area contributed by atoms with Crippen LogP contribution in [0.3, 0.4) is 0 Å². The zero-order valence-electron chi connectivity index (χ0n) is 17.8. The van der Waals surface area contributed by atoms with E-state index in [1.165, 1.54) is 0 Å². The van der Waals surface area contributed by atoms with Crippen LogP contribution in [0.5, 0.6) is 0 Å². The summed E-state index contributed by atoms with van der Waals surface area (Å²) in [6, 6.07) is 7.58. The number of pyridine rings is 1. The van der Waals surface area contributed by atoms with E-state index >= 15 is 0 Å². The number of oxazole rings is 1. The summed E-state index contributed by atoms with van der Waals surface area (Å²) < 4.78 is 5.70. The molecule has 0 radical (unpaired) electrons. The topological polar surface area (TPSA) is 97.0 Å². The molecule has 0 aromatic carbocycles. The van der Waals surface area contributed by atoms with E-state index in [0.717, 1.165) is 29.9 Å². The molecule has 1 amide bonds. The van der Waals surface area contributed by atoms with Crippen LogP contribution in [0.2, 0.25) is 0 Å². The average Bonchev–Trinajstić information content (AvgIpc) is 3.33. The first kappa shape index (κ1) is 20.0. The van der Waals surface area contributed by atoms with Crippen molar-refractivity contribution < 1.29 is 9.21 Å². The molecule has 3 aromatic rings. The number of likely N-dealkylation sites (tertiary alicyclic amines) is 1. The number of nitrogens with one attached hydrogen (secondary N) is 1. The summed E-state index contributed by atoms with van der Waals surface area (Å²) in [5, 5.41) is 3.18. The van der Waals surface area contributed by atoms with Crippen molar-refractivity contribution in [2.24, 2.45) is 0 Å². The molecule has 1 saturated heterocycles. The molecular formula is C22H26N6O2. The number of hydrogen-bond donors (Lipinski definition) is 1. The normalized spacial score (nSPS) is 16.1. The second-order valence-corrected chi connectivity index (χ2v) is 7.58. The maximum atomic E-state index is 13.2. The third-order valence-corrected chi connectivity index (χ3v) is 5.19. The predicted molar refractivity (Wildman–Crippen MR) is 113 cm³/mol. The molecule has 8 nitrogen and oxygen atoms in total. The molecule has 1 atom stereocenters. The standard InChI is InChI=1S/C22H26N6O2/c1-5-19-25-15(4)20(30-19)21(29)28-11-7-9-17(28)16-8-6-10-18(26-16)27-22-23-13(2)12-14(3)24-22/h6,8,10,12,17H,5,7,9,11H2,1-4H3,(H,23,24,26,27)/t17-/m0/s1. The van der Waals surface area contributed by atoms with E-state index in [0.29, 0.717) is 42.1 Å². The van der Waals surface area contributed by atoms with E-state index < -0.39 is 0 Å². The highest BCUT2D eigenvalue weighted by Crippen LogP contribution is 2.33. The number of carbonyl (C=O) groups is 1. The molecule has 30 heavy (non-hydrogen) atoms. The van der Waals surface area contributed by atoms with Gasteiger partial charge in [-0.05, 0) is 51.8 Å². The summed E-state index contributed by atoms with van der Waals surface area (Å²) in [6.07, 6.45) is 2.44. The zero-order valence-corrected chi connectivity index (χ0v) is 17.8. The summed E-state index contributed by atoms with van der Waals surface area (Å²) >= 11 is 0. The highest BCUT2D eigenvalue weighted by atomic mass is 16.4. The molecule has 8 heteroatoms. The Balaban J connectivity index is 1.57. The minimum atomic E-state index is -0.125. The van der Waals surface area contributed by atoms with Gasteiger partial charge in [0, 0.05) is 24.4 Å². The Morgan fingerprint density at radius 1 is 1.17 bits per heavy atom. The van der Waals surface area contributed by atoms with Crippen molar-refractivity contribution in [2.75, 3.05) is 11.9 Å². The first-order valence-electron chi connectivity index (χ1n) is 10.3. The third kappa shape index (κ3) is 4.03. The Morgan fingerprint density at radius 3 is 2.63 bits per heavy atom. The summed E-state index contributed by atoms with van der Waals surface area (Å²) in [6.45, 7) is 8.31. The van der Waals surface area contributed by atoms with Crippen LogP contribution in [0.4, 0.5) is 11.8 Å². The lowest BCUT2D eigenvalue weighted by molar-refractivity contribution is 0.0697. The molecule has 1 aliphatic heterocycles. The first-order valence-corrected chi connectivity index (χ1v) is 10.3. The van der Waals surface area contributed by atoms with Gasteiger partial charge < -0.3 is 14.6 Å². The Bertz CT molecular complexity index is 1060. The van der Waals surface area contributed by atoms with Gasteiger partial charge in [0.05, 0.1) is 17.4 Å². The van der Waals surface area contributed by atoms with Crippen molar-refractivity contribution in [2.45, 2.75) is 53.0 Å². The molecule has 0 aliphatic carbocycles. The van der Waals surface area contributed by atoms with Gasteiger partial charge in [-0.25, -0.2) is 19.9 Å². The van der Waals surface area contributed by atoms with Crippen LogP contribution in [0.25, 0.3) is 0 Å². The molecule has 0 bridgehead atoms. The number of aromatic nitrogens is 4. The van der Waals surface area contributed by atoms with Crippen LogP contribution in [-0.2, 0) is 6.42 Å². The fourth-order valence-electron chi connectivity index (χ4n) is 3.85. The summed E-state index contributed by atoms with van der Waals surface area (Å²) in [7, 11) is 0. The quantitative estimate of drug-likeness (QED) is 0.682. The van der Waals surface area contributed by atoms with Gasteiger partial charge in [-0.15, -0.1) is 0 Å². The van der Waals surface area contributed by atoms with Crippen molar-refractivity contribution in [1.29, 1.82) is 0 Å². The molecule has 1 fully saturated rings. The van der Waals surface area contributed by atoms with Crippen LogP contribution in [0.1, 0.15) is 65.0 Å². The van der Waals surface area contributed by atoms with Crippen molar-refractivity contribution in [3.8, 4) is 0 Å². The monoisotopic (exact) mass is 406 g/mol. The fourth-order valence-corrected chi connectivity index (χ4v) is 3.85. The van der Waals surface area contributed by atoms with Crippen LogP contribution < -0.4 is 5.32 Å². The molecule has 0 unspecified atom stereocenters. The number of rotatable bonds is 5. The number of nitrogens with zero attached hydrogens (tertiary/aromatic N) is 5. The van der Waals surface area contributed by atoms with E-state index in [-0.39, 0.29) is 11.9 Å². The molecule has 4 heterocycles. The van der Waals surface area contributed by atoms with E-state index in [1.807, 2.05) is 56.9 Å². The summed E-state index contributed by atoms with van der Waals surface area (Å²) in [5.74, 6) is 1.96. The van der Waals surface area contributed by atoms with Crippen molar-refractivity contribution in [3.05, 3.63) is 58.7 Å². The van der Waals surface area contributed by atoms with Crippen molar-refractivity contribution >= 4 is 17.7 Å². The van der Waals surface area contributed by atoms with Gasteiger partial charge in [-0.2, -0.15) is 0 Å². The second-order valence-electron chi connectivity index (χ2n) is 7.58. The zero-order chi connectivity index (χ0) is 21.3.